The third kappa shape index (κ3) is 3.26. The predicted octanol–water partition coefficient (Wildman–Crippen LogP) is 2.02. The fourth-order valence-electron chi connectivity index (χ4n) is 2.04. The lowest BCUT2D eigenvalue weighted by Crippen LogP contribution is -2.36. The van der Waals surface area contributed by atoms with Crippen molar-refractivity contribution in [2.45, 2.75) is 26.6 Å². The Morgan fingerprint density at radius 1 is 1.36 bits per heavy atom. The zero-order valence-corrected chi connectivity index (χ0v) is 12.0. The maximum atomic E-state index is 12.3. The van der Waals surface area contributed by atoms with E-state index in [0.717, 1.165) is 0 Å². The topological polar surface area (TPSA) is 64.0 Å². The van der Waals surface area contributed by atoms with E-state index >= 15 is 0 Å². The Labute approximate surface area is 123 Å². The average molecular weight is 313 g/mol. The molecule has 0 aliphatic carbocycles. The number of nitrogens with one attached hydrogen (secondary N) is 1. The fraction of sp³-hybridized carbons (Fsp3) is 0.357. The molecule has 1 amide bonds. The summed E-state index contributed by atoms with van der Waals surface area (Å²) in [5.74, 6) is -1.05. The number of halogens is 3. The largest absolute Gasteiger partial charge is 0.405 e. The lowest BCUT2D eigenvalue weighted by Gasteiger charge is -2.12. The van der Waals surface area contributed by atoms with Crippen LogP contribution < -0.4 is 10.7 Å². The molecular formula is C14H14F3N3O2. The van der Waals surface area contributed by atoms with Gasteiger partial charge in [0.2, 0.25) is 5.43 Å². The molecule has 0 spiro atoms. The lowest BCUT2D eigenvalue weighted by atomic mass is 10.1. The molecule has 0 aliphatic rings. The summed E-state index contributed by atoms with van der Waals surface area (Å²) in [4.78, 5) is 28.4. The van der Waals surface area contributed by atoms with Crippen LogP contribution in [0.1, 0.15) is 23.0 Å². The number of pyridine rings is 2. The van der Waals surface area contributed by atoms with E-state index in [-0.39, 0.29) is 10.9 Å². The Morgan fingerprint density at radius 2 is 2.05 bits per heavy atom. The van der Waals surface area contributed by atoms with Gasteiger partial charge >= 0.3 is 6.18 Å². The van der Waals surface area contributed by atoms with Crippen LogP contribution in [0, 0.1) is 6.92 Å². The predicted molar refractivity (Wildman–Crippen MR) is 74.8 cm³/mol. The van der Waals surface area contributed by atoms with Crippen LogP contribution in [-0.2, 0) is 6.54 Å². The van der Waals surface area contributed by atoms with Gasteiger partial charge in [-0.1, -0.05) is 0 Å². The Kier molecular flexibility index (Phi) is 4.20. The molecule has 0 bridgehead atoms. The van der Waals surface area contributed by atoms with Crippen molar-refractivity contribution in [1.82, 2.24) is 14.9 Å². The Balaban J connectivity index is 2.51. The molecular weight excluding hydrogens is 299 g/mol. The lowest BCUT2D eigenvalue weighted by molar-refractivity contribution is -0.123. The van der Waals surface area contributed by atoms with Crippen LogP contribution >= 0.6 is 0 Å². The number of alkyl halides is 3. The molecule has 2 rings (SSSR count). The van der Waals surface area contributed by atoms with Gasteiger partial charge in [0.1, 0.15) is 17.8 Å². The highest BCUT2D eigenvalue weighted by Crippen LogP contribution is 2.14. The number of aromatic nitrogens is 2. The van der Waals surface area contributed by atoms with E-state index in [9.17, 15) is 22.8 Å². The number of nitrogens with zero attached hydrogens (tertiary/aromatic N) is 2. The van der Waals surface area contributed by atoms with E-state index in [2.05, 4.69) is 4.98 Å². The maximum absolute atomic E-state index is 12.3. The van der Waals surface area contributed by atoms with E-state index in [4.69, 9.17) is 0 Å². The minimum Gasteiger partial charge on any atom is -0.343 e. The second-order valence-electron chi connectivity index (χ2n) is 4.78. The molecule has 0 saturated heterocycles. The van der Waals surface area contributed by atoms with Crippen molar-refractivity contribution >= 4 is 16.9 Å². The molecule has 2 aromatic rings. The van der Waals surface area contributed by atoms with Gasteiger partial charge in [-0.25, -0.2) is 4.98 Å². The van der Waals surface area contributed by atoms with Crippen LogP contribution in [0.2, 0.25) is 0 Å². The number of fused-ring (bicyclic) bond motifs is 1. The Bertz CT molecular complexity index is 781. The number of hydrogen-bond donors (Lipinski definition) is 1. The zero-order chi connectivity index (χ0) is 16.5. The molecule has 0 aromatic carbocycles. The standard InChI is InChI=1S/C14H14F3N3O2/c1-3-20-6-10(13(22)18-7-14(15,16)17)11(21)9-5-4-8(2)19-12(9)20/h4-6H,3,7H2,1-2H3,(H,18,22). The van der Waals surface area contributed by atoms with Gasteiger partial charge in [0.15, 0.2) is 0 Å². The number of carbonyl (C=O) groups excluding carboxylic acids is 1. The van der Waals surface area contributed by atoms with Crippen LogP contribution in [0.4, 0.5) is 13.2 Å². The minimum atomic E-state index is -4.53. The Morgan fingerprint density at radius 3 is 2.64 bits per heavy atom. The smallest absolute Gasteiger partial charge is 0.343 e. The first-order valence-corrected chi connectivity index (χ1v) is 6.58. The van der Waals surface area contributed by atoms with E-state index in [0.29, 0.717) is 17.9 Å². The van der Waals surface area contributed by atoms with Crippen LogP contribution in [0.15, 0.2) is 23.1 Å². The number of rotatable bonds is 3. The van der Waals surface area contributed by atoms with Gasteiger partial charge < -0.3 is 9.88 Å². The van der Waals surface area contributed by atoms with Gasteiger partial charge in [-0.3, -0.25) is 9.59 Å². The number of amides is 1. The number of hydrogen-bond acceptors (Lipinski definition) is 3. The van der Waals surface area contributed by atoms with Gasteiger partial charge in [-0.15, -0.1) is 0 Å². The van der Waals surface area contributed by atoms with Gasteiger partial charge in [0.25, 0.3) is 5.91 Å². The number of aryl methyl sites for hydroxylation is 2. The van der Waals surface area contributed by atoms with Crippen molar-refractivity contribution in [1.29, 1.82) is 0 Å². The first-order chi connectivity index (χ1) is 10.2. The molecule has 0 aliphatic heterocycles. The van der Waals surface area contributed by atoms with Gasteiger partial charge in [0.05, 0.1) is 5.39 Å². The summed E-state index contributed by atoms with van der Waals surface area (Å²) in [5, 5.41) is 1.91. The summed E-state index contributed by atoms with van der Waals surface area (Å²) in [6.45, 7) is 2.48. The highest BCUT2D eigenvalue weighted by atomic mass is 19.4. The number of carbonyl (C=O) groups is 1. The van der Waals surface area contributed by atoms with Gasteiger partial charge in [-0.05, 0) is 26.0 Å². The van der Waals surface area contributed by atoms with Crippen LogP contribution in [-0.4, -0.2) is 28.2 Å². The van der Waals surface area contributed by atoms with Crippen molar-refractivity contribution in [3.63, 3.8) is 0 Å². The molecule has 5 nitrogen and oxygen atoms in total. The highest BCUT2D eigenvalue weighted by Gasteiger charge is 2.28. The molecule has 0 unspecified atom stereocenters. The van der Waals surface area contributed by atoms with E-state index < -0.39 is 24.1 Å². The zero-order valence-electron chi connectivity index (χ0n) is 12.0. The van der Waals surface area contributed by atoms with Crippen LogP contribution in [0.3, 0.4) is 0 Å². The van der Waals surface area contributed by atoms with Crippen molar-refractivity contribution < 1.29 is 18.0 Å². The summed E-state index contributed by atoms with van der Waals surface area (Å²) in [6, 6.07) is 3.13. The molecule has 1 N–H and O–H groups in total. The molecule has 118 valence electrons. The summed E-state index contributed by atoms with van der Waals surface area (Å²) in [7, 11) is 0. The first-order valence-electron chi connectivity index (χ1n) is 6.58. The fourth-order valence-corrected chi connectivity index (χ4v) is 2.04. The van der Waals surface area contributed by atoms with Crippen molar-refractivity contribution in [2.24, 2.45) is 0 Å². The van der Waals surface area contributed by atoms with E-state index in [1.165, 1.54) is 12.3 Å². The third-order valence-electron chi connectivity index (χ3n) is 3.10. The molecule has 0 fully saturated rings. The molecule has 0 atom stereocenters. The highest BCUT2D eigenvalue weighted by molar-refractivity contribution is 5.96. The normalized spacial score (nSPS) is 11.7. The van der Waals surface area contributed by atoms with Crippen LogP contribution in [0.25, 0.3) is 11.0 Å². The van der Waals surface area contributed by atoms with E-state index in [1.807, 2.05) is 0 Å². The first kappa shape index (κ1) is 16.0. The molecule has 8 heteroatoms. The summed E-state index contributed by atoms with van der Waals surface area (Å²) >= 11 is 0. The monoisotopic (exact) mass is 313 g/mol. The molecule has 2 heterocycles. The second kappa shape index (κ2) is 5.78. The van der Waals surface area contributed by atoms with Crippen molar-refractivity contribution in [2.75, 3.05) is 6.54 Å². The maximum Gasteiger partial charge on any atom is 0.405 e. The van der Waals surface area contributed by atoms with Gasteiger partial charge in [0, 0.05) is 18.4 Å². The summed E-state index contributed by atoms with van der Waals surface area (Å²) < 4.78 is 38.1. The average Bonchev–Trinajstić information content (AvgIpc) is 2.44. The minimum absolute atomic E-state index is 0.201. The van der Waals surface area contributed by atoms with Crippen molar-refractivity contribution in [3.05, 3.63) is 39.8 Å². The Hall–Kier alpha value is -2.38. The summed E-state index contributed by atoms with van der Waals surface area (Å²) in [5.41, 5.74) is 0.138. The van der Waals surface area contributed by atoms with Gasteiger partial charge in [-0.2, -0.15) is 13.2 Å². The quantitative estimate of drug-likeness (QED) is 0.943. The SMILES string of the molecule is CCn1cc(C(=O)NCC(F)(F)F)c(=O)c2ccc(C)nc21. The molecule has 0 radical (unpaired) electrons. The molecule has 2 aromatic heterocycles. The summed E-state index contributed by atoms with van der Waals surface area (Å²) in [6.07, 6.45) is -3.29. The second-order valence-corrected chi connectivity index (χ2v) is 4.78. The van der Waals surface area contributed by atoms with Crippen molar-refractivity contribution in [3.8, 4) is 0 Å². The van der Waals surface area contributed by atoms with E-state index in [1.54, 1.807) is 29.8 Å². The molecule has 0 saturated carbocycles. The third-order valence-corrected chi connectivity index (χ3v) is 3.10. The molecule has 22 heavy (non-hydrogen) atoms. The van der Waals surface area contributed by atoms with Crippen LogP contribution in [0.5, 0.6) is 0 Å².